The van der Waals surface area contributed by atoms with E-state index in [2.05, 4.69) is 42.9 Å². The topological polar surface area (TPSA) is 18.5 Å². The van der Waals surface area contributed by atoms with Crippen LogP contribution in [-0.4, -0.2) is 61.7 Å². The average Bonchev–Trinajstić information content (AvgIpc) is 2.84. The van der Waals surface area contributed by atoms with Crippen LogP contribution in [0.3, 0.4) is 0 Å². The molecule has 1 atom stereocenters. The quantitative estimate of drug-likeness (QED) is 0.637. The molecule has 0 bridgehead atoms. The lowest BCUT2D eigenvalue weighted by atomic mass is 10.1. The number of likely N-dealkylation sites (tertiary alicyclic amines) is 1. The van der Waals surface area contributed by atoms with Crippen molar-refractivity contribution >= 4 is 0 Å². The standard InChI is InChI=1S/C15H33N3/c1-14(2)16-9-7-8-15(3)17(4)12-13-18-10-5-6-11-18/h14-16H,5-13H2,1-4H3. The van der Waals surface area contributed by atoms with Crippen LogP contribution in [0, 0.1) is 0 Å². The summed E-state index contributed by atoms with van der Waals surface area (Å²) in [7, 11) is 2.27. The van der Waals surface area contributed by atoms with Crippen molar-refractivity contribution in [2.45, 2.75) is 58.5 Å². The molecule has 108 valence electrons. The molecule has 1 fully saturated rings. The third-order valence-corrected chi connectivity index (χ3v) is 4.07. The van der Waals surface area contributed by atoms with E-state index >= 15 is 0 Å². The van der Waals surface area contributed by atoms with E-state index in [9.17, 15) is 0 Å². The monoisotopic (exact) mass is 255 g/mol. The summed E-state index contributed by atoms with van der Waals surface area (Å²) in [5.74, 6) is 0. The highest BCUT2D eigenvalue weighted by Crippen LogP contribution is 2.08. The molecule has 0 radical (unpaired) electrons. The molecular weight excluding hydrogens is 222 g/mol. The Bertz CT molecular complexity index is 200. The number of nitrogens with zero attached hydrogens (tertiary/aromatic N) is 2. The molecular formula is C15H33N3. The number of rotatable bonds is 9. The average molecular weight is 255 g/mol. The van der Waals surface area contributed by atoms with Crippen LogP contribution in [-0.2, 0) is 0 Å². The Balaban J connectivity index is 2.02. The first-order valence-corrected chi connectivity index (χ1v) is 7.75. The van der Waals surface area contributed by atoms with Gasteiger partial charge in [0.25, 0.3) is 0 Å². The molecule has 0 aliphatic carbocycles. The molecule has 1 aliphatic heterocycles. The third kappa shape index (κ3) is 6.72. The van der Waals surface area contributed by atoms with Gasteiger partial charge in [-0.2, -0.15) is 0 Å². The van der Waals surface area contributed by atoms with E-state index in [1.54, 1.807) is 0 Å². The minimum atomic E-state index is 0.619. The van der Waals surface area contributed by atoms with E-state index in [1.807, 2.05) is 0 Å². The van der Waals surface area contributed by atoms with Crippen molar-refractivity contribution in [2.24, 2.45) is 0 Å². The Morgan fingerprint density at radius 2 is 1.83 bits per heavy atom. The molecule has 0 aromatic heterocycles. The van der Waals surface area contributed by atoms with Crippen LogP contribution in [0.25, 0.3) is 0 Å². The van der Waals surface area contributed by atoms with Gasteiger partial charge in [0.05, 0.1) is 0 Å². The molecule has 0 amide bonds. The highest BCUT2D eigenvalue weighted by Gasteiger charge is 2.14. The van der Waals surface area contributed by atoms with Crippen LogP contribution in [0.15, 0.2) is 0 Å². The molecule has 18 heavy (non-hydrogen) atoms. The van der Waals surface area contributed by atoms with Crippen LogP contribution >= 0.6 is 0 Å². The smallest absolute Gasteiger partial charge is 0.0109 e. The Kier molecular flexibility index (Phi) is 7.87. The normalized spacial score (nSPS) is 19.0. The number of likely N-dealkylation sites (N-methyl/N-ethyl adjacent to an activating group) is 1. The first-order valence-electron chi connectivity index (χ1n) is 7.75. The molecule has 1 unspecified atom stereocenters. The second-order valence-electron chi connectivity index (χ2n) is 6.13. The summed E-state index contributed by atoms with van der Waals surface area (Å²) in [5.41, 5.74) is 0. The summed E-state index contributed by atoms with van der Waals surface area (Å²) in [6, 6.07) is 1.33. The lowest BCUT2D eigenvalue weighted by Crippen LogP contribution is -2.37. The fourth-order valence-electron chi connectivity index (χ4n) is 2.53. The highest BCUT2D eigenvalue weighted by molar-refractivity contribution is 4.70. The van der Waals surface area contributed by atoms with Crippen molar-refractivity contribution in [1.29, 1.82) is 0 Å². The lowest BCUT2D eigenvalue weighted by Gasteiger charge is -2.27. The van der Waals surface area contributed by atoms with Crippen LogP contribution < -0.4 is 5.32 Å². The summed E-state index contributed by atoms with van der Waals surface area (Å²) in [6.07, 6.45) is 5.39. The van der Waals surface area contributed by atoms with Crippen LogP contribution in [0.2, 0.25) is 0 Å². The second kappa shape index (κ2) is 8.89. The van der Waals surface area contributed by atoms with Crippen molar-refractivity contribution in [3.05, 3.63) is 0 Å². The second-order valence-corrected chi connectivity index (χ2v) is 6.13. The molecule has 1 N–H and O–H groups in total. The van der Waals surface area contributed by atoms with Crippen molar-refractivity contribution < 1.29 is 0 Å². The molecule has 1 saturated heterocycles. The van der Waals surface area contributed by atoms with E-state index in [-0.39, 0.29) is 0 Å². The first-order chi connectivity index (χ1) is 8.59. The predicted molar refractivity (Wildman–Crippen MR) is 80.1 cm³/mol. The van der Waals surface area contributed by atoms with Gasteiger partial charge in [0.2, 0.25) is 0 Å². The van der Waals surface area contributed by atoms with E-state index in [0.717, 1.165) is 6.54 Å². The van der Waals surface area contributed by atoms with Crippen molar-refractivity contribution in [1.82, 2.24) is 15.1 Å². The Morgan fingerprint density at radius 3 is 2.44 bits per heavy atom. The summed E-state index contributed by atoms with van der Waals surface area (Å²) in [6.45, 7) is 13.1. The summed E-state index contributed by atoms with van der Waals surface area (Å²) in [4.78, 5) is 5.12. The maximum absolute atomic E-state index is 3.49. The molecule has 0 saturated carbocycles. The van der Waals surface area contributed by atoms with E-state index in [4.69, 9.17) is 0 Å². The van der Waals surface area contributed by atoms with Gasteiger partial charge >= 0.3 is 0 Å². The molecule has 1 rings (SSSR count). The number of hydrogen-bond acceptors (Lipinski definition) is 3. The number of nitrogens with one attached hydrogen (secondary N) is 1. The van der Waals surface area contributed by atoms with Crippen LogP contribution in [0.4, 0.5) is 0 Å². The fourth-order valence-corrected chi connectivity index (χ4v) is 2.53. The minimum Gasteiger partial charge on any atom is -0.315 e. The maximum Gasteiger partial charge on any atom is 0.0109 e. The zero-order chi connectivity index (χ0) is 13.4. The van der Waals surface area contributed by atoms with Gasteiger partial charge in [-0.05, 0) is 59.3 Å². The van der Waals surface area contributed by atoms with Gasteiger partial charge < -0.3 is 15.1 Å². The molecule has 1 aliphatic rings. The molecule has 0 aromatic rings. The Morgan fingerprint density at radius 1 is 1.17 bits per heavy atom. The summed E-state index contributed by atoms with van der Waals surface area (Å²) >= 11 is 0. The van der Waals surface area contributed by atoms with E-state index < -0.39 is 0 Å². The summed E-state index contributed by atoms with van der Waals surface area (Å²) < 4.78 is 0. The van der Waals surface area contributed by atoms with Crippen LogP contribution in [0.5, 0.6) is 0 Å². The number of hydrogen-bond donors (Lipinski definition) is 1. The first kappa shape index (κ1) is 15.9. The van der Waals surface area contributed by atoms with Crippen molar-refractivity contribution in [2.75, 3.05) is 39.8 Å². The zero-order valence-corrected chi connectivity index (χ0v) is 12.9. The maximum atomic E-state index is 3.49. The Labute approximate surface area is 114 Å². The molecule has 1 heterocycles. The zero-order valence-electron chi connectivity index (χ0n) is 12.9. The van der Waals surface area contributed by atoms with Gasteiger partial charge in [-0.15, -0.1) is 0 Å². The van der Waals surface area contributed by atoms with E-state index in [0.29, 0.717) is 12.1 Å². The van der Waals surface area contributed by atoms with Gasteiger partial charge in [0.1, 0.15) is 0 Å². The molecule has 0 spiro atoms. The SMILES string of the molecule is CC(C)NCCCC(C)N(C)CCN1CCCC1. The summed E-state index contributed by atoms with van der Waals surface area (Å²) in [5, 5.41) is 3.49. The predicted octanol–water partition coefficient (Wildman–Crippen LogP) is 2.18. The van der Waals surface area contributed by atoms with Gasteiger partial charge in [-0.3, -0.25) is 0 Å². The highest BCUT2D eigenvalue weighted by atomic mass is 15.2. The minimum absolute atomic E-state index is 0.619. The molecule has 3 nitrogen and oxygen atoms in total. The molecule has 3 heteroatoms. The third-order valence-electron chi connectivity index (χ3n) is 4.07. The van der Waals surface area contributed by atoms with Gasteiger partial charge in [-0.25, -0.2) is 0 Å². The van der Waals surface area contributed by atoms with Crippen molar-refractivity contribution in [3.8, 4) is 0 Å². The van der Waals surface area contributed by atoms with Gasteiger partial charge in [0, 0.05) is 25.2 Å². The molecule has 0 aromatic carbocycles. The lowest BCUT2D eigenvalue weighted by molar-refractivity contribution is 0.205. The largest absolute Gasteiger partial charge is 0.315 e. The van der Waals surface area contributed by atoms with Crippen LogP contribution in [0.1, 0.15) is 46.5 Å². The van der Waals surface area contributed by atoms with Gasteiger partial charge in [0.15, 0.2) is 0 Å². The Hall–Kier alpha value is -0.120. The van der Waals surface area contributed by atoms with Gasteiger partial charge in [-0.1, -0.05) is 13.8 Å². The fraction of sp³-hybridized carbons (Fsp3) is 1.00. The van der Waals surface area contributed by atoms with E-state index in [1.165, 1.54) is 51.9 Å². The van der Waals surface area contributed by atoms with Crippen molar-refractivity contribution in [3.63, 3.8) is 0 Å².